The van der Waals surface area contributed by atoms with Crippen LogP contribution in [0.3, 0.4) is 0 Å². The highest BCUT2D eigenvalue weighted by atomic mass is 19.1. The van der Waals surface area contributed by atoms with E-state index in [-0.39, 0.29) is 53.9 Å². The van der Waals surface area contributed by atoms with Crippen molar-refractivity contribution in [2.45, 2.75) is 25.4 Å². The first kappa shape index (κ1) is 23.9. The SMILES string of the molecule is CN(C)[C@@H]1C(O)=C(C(N)=O)C(=O)C2C(O)=C3C(=O)c4c(O)c5c(c(F)c4CC3CC21)CNCC(=O)N5. The number of nitrogens with zero attached hydrogens (tertiary/aromatic N) is 1. The molecule has 0 spiro atoms. The highest BCUT2D eigenvalue weighted by Crippen LogP contribution is 2.52. The highest BCUT2D eigenvalue weighted by Gasteiger charge is 2.54. The van der Waals surface area contributed by atoms with Crippen LogP contribution in [0.4, 0.5) is 10.1 Å². The van der Waals surface area contributed by atoms with Crippen LogP contribution in [0, 0.1) is 23.6 Å². The molecule has 4 aliphatic rings. The van der Waals surface area contributed by atoms with Crippen molar-refractivity contribution < 1.29 is 38.9 Å². The molecular weight excluding hydrogens is 475 g/mol. The molecule has 0 radical (unpaired) electrons. The molecule has 2 amide bonds. The zero-order valence-corrected chi connectivity index (χ0v) is 19.5. The van der Waals surface area contributed by atoms with Crippen molar-refractivity contribution in [2.75, 3.05) is 26.0 Å². The van der Waals surface area contributed by atoms with Gasteiger partial charge in [-0.3, -0.25) is 24.1 Å². The number of halogens is 1. The number of amides is 2. The summed E-state index contributed by atoms with van der Waals surface area (Å²) in [6.45, 7) is -0.166. The lowest BCUT2D eigenvalue weighted by molar-refractivity contribution is -0.127. The lowest BCUT2D eigenvalue weighted by atomic mass is 9.61. The Morgan fingerprint density at radius 3 is 2.42 bits per heavy atom. The van der Waals surface area contributed by atoms with Crippen molar-refractivity contribution in [3.63, 3.8) is 0 Å². The van der Waals surface area contributed by atoms with Crippen LogP contribution in [-0.2, 0) is 27.3 Å². The molecule has 3 aliphatic carbocycles. The smallest absolute Gasteiger partial charge is 0.255 e. The van der Waals surface area contributed by atoms with E-state index in [0.717, 1.165) is 0 Å². The number of allylic oxidation sites excluding steroid dienone is 2. The summed E-state index contributed by atoms with van der Waals surface area (Å²) >= 11 is 0. The summed E-state index contributed by atoms with van der Waals surface area (Å²) in [5, 5.41) is 38.1. The molecule has 190 valence electrons. The van der Waals surface area contributed by atoms with Gasteiger partial charge in [-0.25, -0.2) is 4.39 Å². The number of phenols is 1. The van der Waals surface area contributed by atoms with Crippen molar-refractivity contribution in [2.24, 2.45) is 23.5 Å². The average Bonchev–Trinajstić information content (AvgIpc) is 2.98. The number of hydrogen-bond donors (Lipinski definition) is 6. The molecule has 5 rings (SSSR count). The van der Waals surface area contributed by atoms with E-state index >= 15 is 4.39 Å². The van der Waals surface area contributed by atoms with E-state index < -0.39 is 75.8 Å². The van der Waals surface area contributed by atoms with Crippen LogP contribution >= 0.6 is 0 Å². The fraction of sp³-hybridized carbons (Fsp3) is 0.417. The Balaban J connectivity index is 1.69. The third kappa shape index (κ3) is 3.17. The van der Waals surface area contributed by atoms with Gasteiger partial charge in [-0.15, -0.1) is 0 Å². The molecule has 0 bridgehead atoms. The Labute approximate surface area is 204 Å². The van der Waals surface area contributed by atoms with E-state index in [4.69, 9.17) is 5.73 Å². The van der Waals surface area contributed by atoms with Gasteiger partial charge in [0.15, 0.2) is 17.3 Å². The zero-order chi connectivity index (χ0) is 26.2. The predicted molar refractivity (Wildman–Crippen MR) is 123 cm³/mol. The number of carbonyl (C=O) groups excluding carboxylic acids is 4. The van der Waals surface area contributed by atoms with Gasteiger partial charge in [-0.05, 0) is 38.8 Å². The normalized spacial score (nSPS) is 27.7. The number of benzene rings is 1. The summed E-state index contributed by atoms with van der Waals surface area (Å²) in [6.07, 6.45) is 0.0536. The minimum Gasteiger partial charge on any atom is -0.511 e. The predicted octanol–water partition coefficient (Wildman–Crippen LogP) is 0.187. The number of rotatable bonds is 2. The largest absolute Gasteiger partial charge is 0.511 e. The van der Waals surface area contributed by atoms with Crippen molar-refractivity contribution in [1.82, 2.24) is 10.2 Å². The molecule has 0 aromatic heterocycles. The molecule has 12 heteroatoms. The molecule has 0 saturated carbocycles. The molecule has 0 saturated heterocycles. The molecule has 1 aliphatic heterocycles. The second-order valence-electron chi connectivity index (χ2n) is 9.82. The second kappa shape index (κ2) is 8.14. The standard InChI is InChI=1S/C24H25FN4O7/c1-29(2)18-9-4-7-3-8-13(22(34)17-10(16(8)25)5-27-6-11(30)28-17)19(31)12(7)20(32)14(9)21(33)15(23(18)35)24(26)36/h7,9,14,18,27,32,34-35H,3-6H2,1-2H3,(H2,26,36)(H,28,30)/t7?,9?,14?,18-/m0/s1. The Morgan fingerprint density at radius 1 is 1.08 bits per heavy atom. The third-order valence-electron chi connectivity index (χ3n) is 7.62. The third-order valence-corrected chi connectivity index (χ3v) is 7.62. The Bertz CT molecular complexity index is 1330. The number of phenolic OH excluding ortho intramolecular Hbond substituents is 1. The number of ketones is 2. The molecular formula is C24H25FN4O7. The van der Waals surface area contributed by atoms with Crippen LogP contribution in [0.1, 0.15) is 27.9 Å². The van der Waals surface area contributed by atoms with Gasteiger partial charge in [-0.1, -0.05) is 0 Å². The van der Waals surface area contributed by atoms with Gasteiger partial charge in [0.1, 0.15) is 22.9 Å². The van der Waals surface area contributed by atoms with Crippen molar-refractivity contribution >= 4 is 29.1 Å². The maximum atomic E-state index is 15.7. The molecule has 11 nitrogen and oxygen atoms in total. The van der Waals surface area contributed by atoms with E-state index in [9.17, 15) is 34.5 Å². The lowest BCUT2D eigenvalue weighted by Gasteiger charge is -2.46. The molecule has 36 heavy (non-hydrogen) atoms. The fourth-order valence-electron chi connectivity index (χ4n) is 6.20. The highest BCUT2D eigenvalue weighted by molar-refractivity contribution is 6.22. The number of nitrogens with two attached hydrogens (primary N) is 1. The summed E-state index contributed by atoms with van der Waals surface area (Å²) in [4.78, 5) is 52.4. The molecule has 0 fully saturated rings. The van der Waals surface area contributed by atoms with Gasteiger partial charge >= 0.3 is 0 Å². The molecule has 1 heterocycles. The van der Waals surface area contributed by atoms with Gasteiger partial charge in [0.25, 0.3) is 5.91 Å². The second-order valence-corrected chi connectivity index (χ2v) is 9.82. The van der Waals surface area contributed by atoms with Gasteiger partial charge in [0, 0.05) is 23.2 Å². The topological polar surface area (TPSA) is 182 Å². The average molecular weight is 500 g/mol. The number of carbonyl (C=O) groups is 4. The Morgan fingerprint density at radius 2 is 1.78 bits per heavy atom. The van der Waals surface area contributed by atoms with Crippen LogP contribution in [0.2, 0.25) is 0 Å². The first-order chi connectivity index (χ1) is 17.0. The number of Topliss-reactive ketones (excluding diaryl/α,β-unsaturated/α-hetero) is 2. The van der Waals surface area contributed by atoms with Gasteiger partial charge in [0.2, 0.25) is 5.91 Å². The molecule has 7 N–H and O–H groups in total. The van der Waals surface area contributed by atoms with E-state index in [1.54, 1.807) is 19.0 Å². The van der Waals surface area contributed by atoms with Crippen molar-refractivity contribution in [3.05, 3.63) is 45.2 Å². The summed E-state index contributed by atoms with van der Waals surface area (Å²) in [5.41, 5.74) is 3.92. The van der Waals surface area contributed by atoms with Gasteiger partial charge in [0.05, 0.1) is 29.8 Å². The summed E-state index contributed by atoms with van der Waals surface area (Å²) in [5.74, 6) is -8.67. The van der Waals surface area contributed by atoms with E-state index in [2.05, 4.69) is 10.6 Å². The van der Waals surface area contributed by atoms with Gasteiger partial charge < -0.3 is 31.7 Å². The number of anilines is 1. The van der Waals surface area contributed by atoms with E-state index in [0.29, 0.717) is 0 Å². The first-order valence-corrected chi connectivity index (χ1v) is 11.4. The number of aromatic hydroxyl groups is 1. The minimum atomic E-state index is -1.33. The molecule has 1 aromatic carbocycles. The van der Waals surface area contributed by atoms with Crippen LogP contribution in [0.15, 0.2) is 22.7 Å². The maximum absolute atomic E-state index is 15.7. The van der Waals surface area contributed by atoms with Crippen LogP contribution < -0.4 is 16.4 Å². The maximum Gasteiger partial charge on any atom is 0.255 e. The fourth-order valence-corrected chi connectivity index (χ4v) is 6.20. The Hall–Kier alpha value is -3.77. The zero-order valence-electron chi connectivity index (χ0n) is 19.5. The molecule has 1 aromatic rings. The van der Waals surface area contributed by atoms with Crippen molar-refractivity contribution in [1.29, 1.82) is 0 Å². The number of hydrogen-bond acceptors (Lipinski definition) is 9. The van der Waals surface area contributed by atoms with Crippen molar-refractivity contribution in [3.8, 4) is 5.75 Å². The lowest BCUT2D eigenvalue weighted by Crippen LogP contribution is -2.53. The molecule has 3 unspecified atom stereocenters. The monoisotopic (exact) mass is 500 g/mol. The first-order valence-electron chi connectivity index (χ1n) is 11.4. The summed E-state index contributed by atoms with van der Waals surface area (Å²) in [7, 11) is 3.25. The quantitative estimate of drug-likeness (QED) is 0.244. The van der Waals surface area contributed by atoms with E-state index in [1.807, 2.05) is 0 Å². The minimum absolute atomic E-state index is 0.0147. The number of aliphatic hydroxyl groups is 2. The van der Waals surface area contributed by atoms with E-state index in [1.165, 1.54) is 0 Å². The number of likely N-dealkylation sites (N-methyl/N-ethyl adjacent to an activating group) is 1. The number of primary amides is 1. The Kier molecular flexibility index (Phi) is 5.41. The summed E-state index contributed by atoms with van der Waals surface area (Å²) in [6, 6.07) is -0.861. The number of aliphatic hydroxyl groups excluding tert-OH is 2. The number of fused-ring (bicyclic) bond motifs is 4. The van der Waals surface area contributed by atoms with Crippen LogP contribution in [0.25, 0.3) is 0 Å². The van der Waals surface area contributed by atoms with Gasteiger partial charge in [-0.2, -0.15) is 0 Å². The van der Waals surface area contributed by atoms with Crippen LogP contribution in [0.5, 0.6) is 5.75 Å². The summed E-state index contributed by atoms with van der Waals surface area (Å²) < 4.78 is 15.7. The number of nitrogens with one attached hydrogen (secondary N) is 2. The molecule has 4 atom stereocenters. The van der Waals surface area contributed by atoms with Crippen LogP contribution in [-0.4, -0.2) is 70.3 Å².